The van der Waals surface area contributed by atoms with E-state index in [0.717, 1.165) is 12.1 Å². The van der Waals surface area contributed by atoms with Crippen LogP contribution in [0.1, 0.15) is 21.6 Å². The number of nitrogens with one attached hydrogen (secondary N) is 2. The van der Waals surface area contributed by atoms with Crippen molar-refractivity contribution in [3.63, 3.8) is 0 Å². The molecule has 6 nitrogen and oxygen atoms in total. The van der Waals surface area contributed by atoms with Crippen molar-refractivity contribution in [1.82, 2.24) is 10.3 Å². The zero-order chi connectivity index (χ0) is 22.4. The monoisotopic (exact) mass is 429 g/mol. The molecule has 2 N–H and O–H groups in total. The molecule has 9 heteroatoms. The molecule has 3 rings (SSSR count). The van der Waals surface area contributed by atoms with Gasteiger partial charge >= 0.3 is 6.18 Å². The molecule has 160 valence electrons. The normalized spacial score (nSPS) is 11.0. The topological polar surface area (TPSA) is 80.3 Å². The Morgan fingerprint density at radius 1 is 1.00 bits per heavy atom. The molecule has 0 spiro atoms. The quantitative estimate of drug-likeness (QED) is 0.608. The van der Waals surface area contributed by atoms with Crippen LogP contribution >= 0.6 is 0 Å². The lowest BCUT2D eigenvalue weighted by Gasteiger charge is -2.10. The second-order valence-corrected chi connectivity index (χ2v) is 6.51. The van der Waals surface area contributed by atoms with Gasteiger partial charge in [-0.05, 0) is 42.0 Å². The van der Waals surface area contributed by atoms with E-state index in [1.54, 1.807) is 30.3 Å². The number of rotatable bonds is 6. The van der Waals surface area contributed by atoms with Crippen LogP contribution in [0, 0.1) is 0 Å². The summed E-state index contributed by atoms with van der Waals surface area (Å²) in [7, 11) is 1.50. The average molecular weight is 429 g/mol. The molecule has 1 heterocycles. The van der Waals surface area contributed by atoms with E-state index >= 15 is 0 Å². The summed E-state index contributed by atoms with van der Waals surface area (Å²) in [5, 5.41) is 5.11. The predicted molar refractivity (Wildman–Crippen MR) is 108 cm³/mol. The van der Waals surface area contributed by atoms with E-state index in [2.05, 4.69) is 15.6 Å². The maximum absolute atomic E-state index is 12.8. The van der Waals surface area contributed by atoms with Gasteiger partial charge < -0.3 is 15.4 Å². The number of carbonyl (C=O) groups is 2. The summed E-state index contributed by atoms with van der Waals surface area (Å²) >= 11 is 0. The Hall–Kier alpha value is -3.88. The molecule has 0 aliphatic heterocycles. The first-order chi connectivity index (χ1) is 14.7. The molecule has 2 amide bonds. The number of aromatic nitrogens is 1. The lowest BCUT2D eigenvalue weighted by Crippen LogP contribution is -2.18. The molecule has 2 aromatic carbocycles. The molecule has 0 atom stereocenters. The number of ether oxygens (including phenoxy) is 1. The lowest BCUT2D eigenvalue weighted by molar-refractivity contribution is -0.137. The Balaban J connectivity index is 1.61. The molecule has 0 unspecified atom stereocenters. The van der Waals surface area contributed by atoms with Crippen molar-refractivity contribution in [1.29, 1.82) is 0 Å². The molecule has 0 saturated carbocycles. The number of hydrogen-bond donors (Lipinski definition) is 2. The second-order valence-electron chi connectivity index (χ2n) is 6.51. The number of carbonyl (C=O) groups excluding carboxylic acids is 2. The van der Waals surface area contributed by atoms with Crippen molar-refractivity contribution in [2.75, 3.05) is 12.4 Å². The Morgan fingerprint density at radius 2 is 1.74 bits per heavy atom. The molecule has 1 aromatic heterocycles. The SMILES string of the molecule is CNC(=O)c1cc(Oc2ccc(NC(=O)Cc3cccc(C(F)(F)F)c3)cc2)ccn1. The van der Waals surface area contributed by atoms with E-state index in [1.165, 1.54) is 31.4 Å². The standard InChI is InChI=1S/C22H18F3N3O3/c1-26-21(30)19-13-18(9-10-27-19)31-17-7-5-16(6-8-17)28-20(29)12-14-3-2-4-15(11-14)22(23,24)25/h2-11,13H,12H2,1H3,(H,26,30)(H,28,29). The lowest BCUT2D eigenvalue weighted by atomic mass is 10.1. The van der Waals surface area contributed by atoms with Crippen molar-refractivity contribution in [2.45, 2.75) is 12.6 Å². The number of alkyl halides is 3. The molecule has 0 aliphatic rings. The van der Waals surface area contributed by atoms with Crippen molar-refractivity contribution in [3.8, 4) is 11.5 Å². The van der Waals surface area contributed by atoms with E-state index in [0.29, 0.717) is 17.2 Å². The van der Waals surface area contributed by atoms with E-state index < -0.39 is 17.6 Å². The van der Waals surface area contributed by atoms with Crippen LogP contribution in [0.15, 0.2) is 66.9 Å². The summed E-state index contributed by atoms with van der Waals surface area (Å²) in [6.07, 6.45) is -3.21. The predicted octanol–water partition coefficient (Wildman–Crippen LogP) is 4.43. The van der Waals surface area contributed by atoms with Gasteiger partial charge in [0.1, 0.15) is 17.2 Å². The second kappa shape index (κ2) is 9.29. The van der Waals surface area contributed by atoms with Gasteiger partial charge in [-0.25, -0.2) is 0 Å². The molecule has 0 aliphatic carbocycles. The number of pyridine rings is 1. The number of anilines is 1. The van der Waals surface area contributed by atoms with Gasteiger partial charge in [-0.1, -0.05) is 18.2 Å². The van der Waals surface area contributed by atoms with Crippen LogP contribution in [0.3, 0.4) is 0 Å². The van der Waals surface area contributed by atoms with Gasteiger partial charge in [-0.15, -0.1) is 0 Å². The van der Waals surface area contributed by atoms with Crippen LogP contribution in [-0.4, -0.2) is 23.8 Å². The summed E-state index contributed by atoms with van der Waals surface area (Å²) in [5.41, 5.74) is 0.135. The number of halogens is 3. The van der Waals surface area contributed by atoms with Gasteiger partial charge in [0.05, 0.1) is 12.0 Å². The van der Waals surface area contributed by atoms with Crippen LogP contribution in [0.4, 0.5) is 18.9 Å². The van der Waals surface area contributed by atoms with Gasteiger partial charge in [0.15, 0.2) is 0 Å². The minimum atomic E-state index is -4.46. The molecule has 3 aromatic rings. The molecular weight excluding hydrogens is 411 g/mol. The maximum atomic E-state index is 12.8. The molecular formula is C22H18F3N3O3. The smallest absolute Gasteiger partial charge is 0.416 e. The van der Waals surface area contributed by atoms with Crippen LogP contribution in [0.5, 0.6) is 11.5 Å². The number of hydrogen-bond acceptors (Lipinski definition) is 4. The first-order valence-corrected chi connectivity index (χ1v) is 9.16. The van der Waals surface area contributed by atoms with Crippen LogP contribution in [0.25, 0.3) is 0 Å². The fourth-order valence-corrected chi connectivity index (χ4v) is 2.72. The molecule has 0 radical (unpaired) electrons. The van der Waals surface area contributed by atoms with Crippen LogP contribution in [0.2, 0.25) is 0 Å². The first kappa shape index (κ1) is 21.8. The summed E-state index contributed by atoms with van der Waals surface area (Å²) in [5.74, 6) is 0.0847. The van der Waals surface area contributed by atoms with E-state index in [9.17, 15) is 22.8 Å². The number of benzene rings is 2. The maximum Gasteiger partial charge on any atom is 0.416 e. The molecule has 0 fully saturated rings. The van der Waals surface area contributed by atoms with Crippen molar-refractivity contribution >= 4 is 17.5 Å². The first-order valence-electron chi connectivity index (χ1n) is 9.16. The zero-order valence-corrected chi connectivity index (χ0v) is 16.4. The fraction of sp³-hybridized carbons (Fsp3) is 0.136. The third-order valence-corrected chi connectivity index (χ3v) is 4.18. The Kier molecular flexibility index (Phi) is 6.54. The van der Waals surface area contributed by atoms with Gasteiger partial charge in [0.2, 0.25) is 5.91 Å². The summed E-state index contributed by atoms with van der Waals surface area (Å²) < 4.78 is 44.0. The van der Waals surface area contributed by atoms with E-state index in [1.807, 2.05) is 0 Å². The summed E-state index contributed by atoms with van der Waals surface area (Å²) in [4.78, 5) is 27.8. The zero-order valence-electron chi connectivity index (χ0n) is 16.4. The third kappa shape index (κ3) is 6.05. The highest BCUT2D eigenvalue weighted by molar-refractivity contribution is 5.92. The van der Waals surface area contributed by atoms with Gasteiger partial charge in [0, 0.05) is 25.0 Å². The molecule has 31 heavy (non-hydrogen) atoms. The van der Waals surface area contributed by atoms with Crippen molar-refractivity contribution in [3.05, 3.63) is 83.7 Å². The van der Waals surface area contributed by atoms with Gasteiger partial charge in [0.25, 0.3) is 5.91 Å². The van der Waals surface area contributed by atoms with Crippen molar-refractivity contribution in [2.24, 2.45) is 0 Å². The minimum absolute atomic E-state index is 0.193. The van der Waals surface area contributed by atoms with Gasteiger partial charge in [-0.2, -0.15) is 13.2 Å². The van der Waals surface area contributed by atoms with Crippen LogP contribution < -0.4 is 15.4 Å². The Labute approximate surface area is 176 Å². The summed E-state index contributed by atoms with van der Waals surface area (Å²) in [6.45, 7) is 0. The largest absolute Gasteiger partial charge is 0.457 e. The number of amides is 2. The highest BCUT2D eigenvalue weighted by Gasteiger charge is 2.30. The average Bonchev–Trinajstić information content (AvgIpc) is 2.74. The Morgan fingerprint density at radius 3 is 2.42 bits per heavy atom. The summed E-state index contributed by atoms with van der Waals surface area (Å²) in [6, 6.07) is 14.2. The van der Waals surface area contributed by atoms with E-state index in [4.69, 9.17) is 4.74 Å². The minimum Gasteiger partial charge on any atom is -0.457 e. The highest BCUT2D eigenvalue weighted by atomic mass is 19.4. The number of nitrogens with zero attached hydrogens (tertiary/aromatic N) is 1. The van der Waals surface area contributed by atoms with Gasteiger partial charge in [-0.3, -0.25) is 14.6 Å². The fourth-order valence-electron chi connectivity index (χ4n) is 2.72. The van der Waals surface area contributed by atoms with E-state index in [-0.39, 0.29) is 23.6 Å². The third-order valence-electron chi connectivity index (χ3n) is 4.18. The molecule has 0 saturated heterocycles. The highest BCUT2D eigenvalue weighted by Crippen LogP contribution is 2.29. The Bertz CT molecular complexity index is 1080. The van der Waals surface area contributed by atoms with Crippen molar-refractivity contribution < 1.29 is 27.5 Å². The molecule has 0 bridgehead atoms. The van der Waals surface area contributed by atoms with Crippen LogP contribution in [-0.2, 0) is 17.4 Å².